The van der Waals surface area contributed by atoms with Crippen molar-refractivity contribution >= 4 is 29.3 Å². The standard InChI is InChI=1S/C6H6N4OS/c7-6-8-1-3-5(10-6)12-2-4(11)9-3/h1H,2H2,(H,9,11)(H2,7,8,10). The summed E-state index contributed by atoms with van der Waals surface area (Å²) in [6.07, 6.45) is 1.52. The molecule has 2 heterocycles. The molecule has 0 radical (unpaired) electrons. The highest BCUT2D eigenvalue weighted by molar-refractivity contribution is 8.00. The van der Waals surface area contributed by atoms with E-state index in [1.165, 1.54) is 18.0 Å². The molecule has 12 heavy (non-hydrogen) atoms. The average molecular weight is 182 g/mol. The molecule has 1 aliphatic heterocycles. The number of thioether (sulfide) groups is 1. The number of carbonyl (C=O) groups is 1. The van der Waals surface area contributed by atoms with Crippen LogP contribution in [0.15, 0.2) is 11.2 Å². The minimum Gasteiger partial charge on any atom is -0.368 e. The maximum Gasteiger partial charge on any atom is 0.234 e. The van der Waals surface area contributed by atoms with Gasteiger partial charge in [0, 0.05) is 0 Å². The largest absolute Gasteiger partial charge is 0.368 e. The molecule has 2 rings (SSSR count). The molecule has 6 heteroatoms. The van der Waals surface area contributed by atoms with E-state index in [-0.39, 0.29) is 11.9 Å². The van der Waals surface area contributed by atoms with Crippen molar-refractivity contribution < 1.29 is 4.79 Å². The summed E-state index contributed by atoms with van der Waals surface area (Å²) < 4.78 is 0. The number of aromatic nitrogens is 2. The minimum absolute atomic E-state index is 0.0270. The summed E-state index contributed by atoms with van der Waals surface area (Å²) in [5.74, 6) is 0.599. The summed E-state index contributed by atoms with van der Waals surface area (Å²) in [5.41, 5.74) is 6.01. The van der Waals surface area contributed by atoms with Crippen LogP contribution in [-0.4, -0.2) is 21.6 Å². The van der Waals surface area contributed by atoms with Crippen molar-refractivity contribution in [3.05, 3.63) is 6.20 Å². The van der Waals surface area contributed by atoms with E-state index in [1.54, 1.807) is 0 Å². The predicted molar refractivity (Wildman–Crippen MR) is 45.8 cm³/mol. The van der Waals surface area contributed by atoms with Gasteiger partial charge >= 0.3 is 0 Å². The van der Waals surface area contributed by atoms with E-state index in [1.807, 2.05) is 0 Å². The molecule has 0 unspecified atom stereocenters. The van der Waals surface area contributed by atoms with Gasteiger partial charge in [0.2, 0.25) is 11.9 Å². The molecule has 0 bridgehead atoms. The van der Waals surface area contributed by atoms with E-state index in [4.69, 9.17) is 5.73 Å². The van der Waals surface area contributed by atoms with E-state index < -0.39 is 0 Å². The highest BCUT2D eigenvalue weighted by Crippen LogP contribution is 2.28. The van der Waals surface area contributed by atoms with Crippen LogP contribution in [0.3, 0.4) is 0 Å². The third-order valence-corrected chi connectivity index (χ3v) is 2.38. The van der Waals surface area contributed by atoms with Gasteiger partial charge in [0.1, 0.15) is 5.03 Å². The van der Waals surface area contributed by atoms with Gasteiger partial charge in [-0.3, -0.25) is 4.79 Å². The fourth-order valence-electron chi connectivity index (χ4n) is 0.895. The molecule has 0 aromatic carbocycles. The molecule has 62 valence electrons. The van der Waals surface area contributed by atoms with Gasteiger partial charge in [0.15, 0.2) is 0 Å². The van der Waals surface area contributed by atoms with Crippen LogP contribution in [0, 0.1) is 0 Å². The third-order valence-electron chi connectivity index (χ3n) is 1.39. The zero-order chi connectivity index (χ0) is 8.55. The van der Waals surface area contributed by atoms with E-state index in [0.29, 0.717) is 11.4 Å². The van der Waals surface area contributed by atoms with Crippen LogP contribution < -0.4 is 11.1 Å². The Morgan fingerprint density at radius 2 is 2.50 bits per heavy atom. The SMILES string of the molecule is Nc1ncc2c(n1)SCC(=O)N2. The van der Waals surface area contributed by atoms with E-state index in [9.17, 15) is 4.79 Å². The molecule has 0 atom stereocenters. The summed E-state index contributed by atoms with van der Waals surface area (Å²) in [5, 5.41) is 3.38. The van der Waals surface area contributed by atoms with Crippen molar-refractivity contribution in [3.8, 4) is 0 Å². The molecular weight excluding hydrogens is 176 g/mol. The lowest BCUT2D eigenvalue weighted by molar-refractivity contribution is -0.113. The molecule has 3 N–H and O–H groups in total. The Labute approximate surface area is 72.8 Å². The Morgan fingerprint density at radius 1 is 1.67 bits per heavy atom. The van der Waals surface area contributed by atoms with Gasteiger partial charge in [0.25, 0.3) is 0 Å². The molecular formula is C6H6N4OS. The zero-order valence-corrected chi connectivity index (χ0v) is 6.89. The first-order valence-electron chi connectivity index (χ1n) is 3.31. The van der Waals surface area contributed by atoms with E-state index >= 15 is 0 Å². The predicted octanol–water partition coefficient (Wildman–Crippen LogP) is 0.103. The van der Waals surface area contributed by atoms with Gasteiger partial charge in [-0.05, 0) is 0 Å². The molecule has 1 aromatic heterocycles. The monoisotopic (exact) mass is 182 g/mol. The number of nitrogens with one attached hydrogen (secondary N) is 1. The van der Waals surface area contributed by atoms with Crippen LogP contribution in [0.4, 0.5) is 11.6 Å². The zero-order valence-electron chi connectivity index (χ0n) is 6.07. The van der Waals surface area contributed by atoms with Gasteiger partial charge in [-0.15, -0.1) is 0 Å². The van der Waals surface area contributed by atoms with Gasteiger partial charge < -0.3 is 11.1 Å². The number of rotatable bonds is 0. The Kier molecular flexibility index (Phi) is 1.61. The third kappa shape index (κ3) is 1.20. The Balaban J connectivity index is 2.43. The van der Waals surface area contributed by atoms with Crippen molar-refractivity contribution in [2.24, 2.45) is 0 Å². The molecule has 0 fully saturated rings. The van der Waals surface area contributed by atoms with Gasteiger partial charge in [0.05, 0.1) is 17.6 Å². The van der Waals surface area contributed by atoms with Gasteiger partial charge in [-0.2, -0.15) is 0 Å². The Hall–Kier alpha value is -1.30. The number of anilines is 2. The maximum atomic E-state index is 10.9. The maximum absolute atomic E-state index is 10.9. The highest BCUT2D eigenvalue weighted by Gasteiger charge is 2.16. The second-order valence-electron chi connectivity index (χ2n) is 2.28. The summed E-state index contributed by atoms with van der Waals surface area (Å²) in [6, 6.07) is 0. The summed E-state index contributed by atoms with van der Waals surface area (Å²) >= 11 is 1.37. The molecule has 0 aliphatic carbocycles. The molecule has 0 saturated carbocycles. The summed E-state index contributed by atoms with van der Waals surface area (Å²) in [4.78, 5) is 18.6. The average Bonchev–Trinajstić information content (AvgIpc) is 2.05. The first-order valence-corrected chi connectivity index (χ1v) is 4.29. The number of nitrogens with two attached hydrogens (primary N) is 1. The number of nitrogen functional groups attached to an aromatic ring is 1. The number of fused-ring (bicyclic) bond motifs is 1. The van der Waals surface area contributed by atoms with Crippen molar-refractivity contribution in [3.63, 3.8) is 0 Å². The van der Waals surface area contributed by atoms with Gasteiger partial charge in [-0.25, -0.2) is 9.97 Å². The van der Waals surface area contributed by atoms with Crippen LogP contribution in [0.2, 0.25) is 0 Å². The molecule has 1 amide bonds. The number of carbonyl (C=O) groups excluding carboxylic acids is 1. The lowest BCUT2D eigenvalue weighted by Gasteiger charge is -2.13. The quantitative estimate of drug-likeness (QED) is 0.556. The lowest BCUT2D eigenvalue weighted by atomic mass is 10.5. The number of hydrogen-bond donors (Lipinski definition) is 2. The molecule has 0 saturated heterocycles. The topological polar surface area (TPSA) is 80.9 Å². The molecule has 5 nitrogen and oxygen atoms in total. The smallest absolute Gasteiger partial charge is 0.234 e. The van der Waals surface area contributed by atoms with Crippen molar-refractivity contribution in [2.45, 2.75) is 5.03 Å². The fraction of sp³-hybridized carbons (Fsp3) is 0.167. The van der Waals surface area contributed by atoms with Gasteiger partial charge in [-0.1, -0.05) is 11.8 Å². The molecule has 1 aromatic rings. The van der Waals surface area contributed by atoms with Crippen molar-refractivity contribution in [1.29, 1.82) is 0 Å². The number of nitrogens with zero attached hydrogens (tertiary/aromatic N) is 2. The second kappa shape index (κ2) is 2.63. The first-order chi connectivity index (χ1) is 5.75. The van der Waals surface area contributed by atoms with Crippen LogP contribution in [0.5, 0.6) is 0 Å². The summed E-state index contributed by atoms with van der Waals surface area (Å²) in [6.45, 7) is 0. The fourth-order valence-corrected chi connectivity index (χ4v) is 1.65. The Morgan fingerprint density at radius 3 is 3.33 bits per heavy atom. The van der Waals surface area contributed by atoms with Crippen LogP contribution >= 0.6 is 11.8 Å². The Bertz CT molecular complexity index is 340. The second-order valence-corrected chi connectivity index (χ2v) is 3.25. The normalized spacial score (nSPS) is 15.2. The van der Waals surface area contributed by atoms with Crippen LogP contribution in [-0.2, 0) is 4.79 Å². The molecule has 0 spiro atoms. The minimum atomic E-state index is -0.0270. The van der Waals surface area contributed by atoms with Crippen LogP contribution in [0.1, 0.15) is 0 Å². The van der Waals surface area contributed by atoms with E-state index in [2.05, 4.69) is 15.3 Å². The van der Waals surface area contributed by atoms with Crippen molar-refractivity contribution in [2.75, 3.05) is 16.8 Å². The van der Waals surface area contributed by atoms with E-state index in [0.717, 1.165) is 5.03 Å². The summed E-state index contributed by atoms with van der Waals surface area (Å²) in [7, 11) is 0. The molecule has 1 aliphatic rings. The van der Waals surface area contributed by atoms with Crippen molar-refractivity contribution in [1.82, 2.24) is 9.97 Å². The first kappa shape index (κ1) is 7.35. The number of amides is 1. The number of hydrogen-bond acceptors (Lipinski definition) is 5. The van der Waals surface area contributed by atoms with Crippen LogP contribution in [0.25, 0.3) is 0 Å². The lowest BCUT2D eigenvalue weighted by Crippen LogP contribution is -2.19. The highest BCUT2D eigenvalue weighted by atomic mass is 32.2.